The molecular weight excluding hydrogens is 440 g/mol. The van der Waals surface area contributed by atoms with E-state index in [1.165, 1.54) is 11.1 Å². The van der Waals surface area contributed by atoms with Gasteiger partial charge in [-0.15, -0.1) is 0 Å². The molecule has 3 aliphatic rings. The lowest BCUT2D eigenvalue weighted by Crippen LogP contribution is -2.34. The minimum absolute atomic E-state index is 0.0647. The minimum Gasteiger partial charge on any atom is -0.453 e. The first-order chi connectivity index (χ1) is 15.5. The highest BCUT2D eigenvalue weighted by Gasteiger charge is 2.58. The molecule has 2 saturated carbocycles. The number of rotatable bonds is 4. The first-order valence-electron chi connectivity index (χ1n) is 11.0. The quantitative estimate of drug-likeness (QED) is 0.410. The molecule has 0 spiro atoms. The summed E-state index contributed by atoms with van der Waals surface area (Å²) in [7, 11) is 0. The van der Waals surface area contributed by atoms with E-state index in [4.69, 9.17) is 43.4 Å². The molecule has 0 bridgehead atoms. The van der Waals surface area contributed by atoms with Crippen LogP contribution in [-0.4, -0.2) is 22.7 Å². The second-order valence-corrected chi connectivity index (χ2v) is 9.65. The van der Waals surface area contributed by atoms with Crippen LogP contribution in [0.4, 0.5) is 0 Å². The van der Waals surface area contributed by atoms with Crippen LogP contribution < -0.4 is 9.47 Å². The number of thiocarbonyl (C=S) groups is 2. The van der Waals surface area contributed by atoms with Gasteiger partial charge in [0.1, 0.15) is 23.7 Å². The first-order valence-corrected chi connectivity index (χ1v) is 11.9. The van der Waals surface area contributed by atoms with E-state index >= 15 is 0 Å². The Morgan fingerprint density at radius 1 is 0.656 bits per heavy atom. The second-order valence-electron chi connectivity index (χ2n) is 8.98. The van der Waals surface area contributed by atoms with Crippen molar-refractivity contribution in [1.29, 1.82) is 0 Å². The predicted octanol–water partition coefficient (Wildman–Crippen LogP) is 5.94. The van der Waals surface area contributed by atoms with E-state index in [9.17, 15) is 0 Å². The largest absolute Gasteiger partial charge is 0.453 e. The normalized spacial score (nSPS) is 29.4. The van der Waals surface area contributed by atoms with Gasteiger partial charge >= 0.3 is 10.5 Å². The van der Waals surface area contributed by atoms with Gasteiger partial charge in [0.25, 0.3) is 0 Å². The Bertz CT molecular complexity index is 949. The van der Waals surface area contributed by atoms with E-state index in [-0.39, 0.29) is 28.6 Å². The zero-order valence-electron chi connectivity index (χ0n) is 18.1. The Morgan fingerprint density at radius 2 is 1.06 bits per heavy atom. The molecule has 2 aromatic carbocycles. The molecule has 6 heteroatoms. The molecule has 2 unspecified atom stereocenters. The zero-order valence-corrected chi connectivity index (χ0v) is 19.7. The van der Waals surface area contributed by atoms with Crippen LogP contribution in [0.3, 0.4) is 0 Å². The van der Waals surface area contributed by atoms with Crippen LogP contribution in [-0.2, 0) is 9.47 Å². The molecule has 166 valence electrons. The highest BCUT2D eigenvalue weighted by atomic mass is 32.1. The van der Waals surface area contributed by atoms with Gasteiger partial charge in [0.05, 0.1) is 0 Å². The third kappa shape index (κ3) is 4.39. The van der Waals surface area contributed by atoms with E-state index in [2.05, 4.69) is 12.2 Å². The Morgan fingerprint density at radius 3 is 1.47 bits per heavy atom. The molecule has 0 saturated heterocycles. The lowest BCUT2D eigenvalue weighted by molar-refractivity contribution is 0.0370. The van der Waals surface area contributed by atoms with Gasteiger partial charge in [0, 0.05) is 30.4 Å². The fourth-order valence-corrected chi connectivity index (χ4v) is 5.88. The summed E-state index contributed by atoms with van der Waals surface area (Å²) in [4.78, 5) is 0. The molecule has 0 heterocycles. The van der Waals surface area contributed by atoms with Crippen LogP contribution in [0, 0.1) is 37.5 Å². The van der Waals surface area contributed by atoms with Crippen molar-refractivity contribution in [3.8, 4) is 11.5 Å². The number of hydrogen-bond acceptors (Lipinski definition) is 6. The van der Waals surface area contributed by atoms with Crippen LogP contribution in [0.15, 0.2) is 60.7 Å². The summed E-state index contributed by atoms with van der Waals surface area (Å²) >= 11 is 10.8. The van der Waals surface area contributed by atoms with Crippen LogP contribution in [0.5, 0.6) is 11.5 Å². The Labute approximate surface area is 199 Å². The van der Waals surface area contributed by atoms with Crippen molar-refractivity contribution in [2.45, 2.75) is 38.9 Å². The van der Waals surface area contributed by atoms with Crippen molar-refractivity contribution in [2.75, 3.05) is 0 Å². The molecule has 0 aliphatic heterocycles. The Kier molecular flexibility index (Phi) is 5.91. The maximum Gasteiger partial charge on any atom is 0.358 e. The van der Waals surface area contributed by atoms with E-state index < -0.39 is 0 Å². The van der Waals surface area contributed by atoms with Crippen molar-refractivity contribution >= 4 is 34.9 Å². The van der Waals surface area contributed by atoms with Gasteiger partial charge in [-0.05, 0) is 68.7 Å². The molecule has 6 atom stereocenters. The number of benzene rings is 2. The Balaban J connectivity index is 1.24. The molecule has 2 fully saturated rings. The number of ether oxygens (including phenoxy) is 4. The summed E-state index contributed by atoms with van der Waals surface area (Å²) < 4.78 is 23.9. The molecule has 32 heavy (non-hydrogen) atoms. The van der Waals surface area contributed by atoms with Crippen LogP contribution in [0.2, 0.25) is 0 Å². The average molecular weight is 467 g/mol. The molecule has 3 aliphatic carbocycles. The number of hydrogen-bond donors (Lipinski definition) is 0. The highest BCUT2D eigenvalue weighted by Crippen LogP contribution is 2.57. The topological polar surface area (TPSA) is 36.9 Å². The zero-order chi connectivity index (χ0) is 22.2. The summed E-state index contributed by atoms with van der Waals surface area (Å²) in [5.41, 5.74) is 2.33. The van der Waals surface area contributed by atoms with E-state index in [1.807, 2.05) is 62.4 Å². The van der Waals surface area contributed by atoms with Gasteiger partial charge < -0.3 is 18.9 Å². The summed E-state index contributed by atoms with van der Waals surface area (Å²) in [5, 5.41) is 0.312. The summed E-state index contributed by atoms with van der Waals surface area (Å²) in [5.74, 6) is 3.02. The molecular formula is C26H26O4S2. The molecule has 0 aromatic heterocycles. The monoisotopic (exact) mass is 466 g/mol. The third-order valence-electron chi connectivity index (χ3n) is 6.85. The molecule has 0 amide bonds. The van der Waals surface area contributed by atoms with Crippen molar-refractivity contribution in [3.05, 3.63) is 71.8 Å². The summed E-state index contributed by atoms with van der Waals surface area (Å²) in [6.07, 6.45) is 6.34. The molecule has 4 nitrogen and oxygen atoms in total. The fourth-order valence-electron chi connectivity index (χ4n) is 5.44. The summed E-state index contributed by atoms with van der Waals surface area (Å²) in [6, 6.07) is 15.6. The highest BCUT2D eigenvalue weighted by molar-refractivity contribution is 7.80. The minimum atomic E-state index is -0.0647. The van der Waals surface area contributed by atoms with Gasteiger partial charge in [-0.1, -0.05) is 47.5 Å². The smallest absolute Gasteiger partial charge is 0.358 e. The third-order valence-corrected chi connectivity index (χ3v) is 7.20. The van der Waals surface area contributed by atoms with Crippen molar-refractivity contribution in [3.63, 3.8) is 0 Å². The summed E-state index contributed by atoms with van der Waals surface area (Å²) in [6.45, 7) is 4.07. The van der Waals surface area contributed by atoms with E-state index in [0.717, 1.165) is 12.8 Å². The van der Waals surface area contributed by atoms with E-state index in [0.29, 0.717) is 29.3 Å². The van der Waals surface area contributed by atoms with Gasteiger partial charge in [-0.3, -0.25) is 0 Å². The predicted molar refractivity (Wildman–Crippen MR) is 131 cm³/mol. The maximum absolute atomic E-state index is 6.17. The average Bonchev–Trinajstić information content (AvgIpc) is 3.41. The number of aryl methyl sites for hydroxylation is 2. The van der Waals surface area contributed by atoms with Crippen LogP contribution >= 0.6 is 24.4 Å². The van der Waals surface area contributed by atoms with Gasteiger partial charge in [0.2, 0.25) is 0 Å². The standard InChI is InChI=1S/C26H26O4S2/c1-15-3-9-19(10-4-15)27-25(31)29-21-13-17-7-8-18-14-22(24(21)23(17)18)30-26(32)28-20-11-5-16(2)6-12-20/h3-12,17-18,21-24H,13-14H2,1-2H3/t17-,18+,21-,22-,23?,24?/m1/s1. The van der Waals surface area contributed by atoms with Crippen molar-refractivity contribution < 1.29 is 18.9 Å². The molecule has 5 rings (SSSR count). The van der Waals surface area contributed by atoms with Gasteiger partial charge in [0.15, 0.2) is 0 Å². The Hall–Kier alpha value is -2.44. The van der Waals surface area contributed by atoms with Gasteiger partial charge in [-0.2, -0.15) is 0 Å². The van der Waals surface area contributed by atoms with Crippen LogP contribution in [0.25, 0.3) is 0 Å². The first kappa shape index (κ1) is 21.4. The fraction of sp³-hybridized carbons (Fsp3) is 0.385. The lowest BCUT2D eigenvalue weighted by atomic mass is 9.91. The van der Waals surface area contributed by atoms with Gasteiger partial charge in [-0.25, -0.2) is 0 Å². The second kappa shape index (κ2) is 8.83. The molecule has 0 N–H and O–H groups in total. The molecule has 2 aromatic rings. The number of allylic oxidation sites excluding steroid dienone is 2. The van der Waals surface area contributed by atoms with E-state index in [1.54, 1.807) is 0 Å². The van der Waals surface area contributed by atoms with Crippen molar-refractivity contribution in [2.24, 2.45) is 23.7 Å². The molecule has 0 radical (unpaired) electrons. The van der Waals surface area contributed by atoms with Crippen LogP contribution in [0.1, 0.15) is 24.0 Å². The SMILES string of the molecule is Cc1ccc(OC(=S)O[C@@H]2C[C@H]3C=C[C@H]4C[C@@H](OC(=S)Oc5ccc(C)cc5)C2C34)cc1. The van der Waals surface area contributed by atoms with Crippen molar-refractivity contribution in [1.82, 2.24) is 0 Å². The lowest BCUT2D eigenvalue weighted by Gasteiger charge is -2.26. The maximum atomic E-state index is 6.17.